The van der Waals surface area contributed by atoms with Crippen molar-refractivity contribution in [1.82, 2.24) is 15.2 Å². The number of nitrogens with zero attached hydrogens (tertiary/aromatic N) is 2. The van der Waals surface area contributed by atoms with Gasteiger partial charge in [0.05, 0.1) is 23.4 Å². The summed E-state index contributed by atoms with van der Waals surface area (Å²) in [7, 11) is 1.97. The zero-order chi connectivity index (χ0) is 12.8. The molecule has 1 saturated heterocycles. The molecule has 2 heterocycles. The fourth-order valence-corrected chi connectivity index (χ4v) is 3.15. The number of aromatic nitrogens is 1. The van der Waals surface area contributed by atoms with E-state index in [2.05, 4.69) is 27.5 Å². The Morgan fingerprint density at radius 1 is 1.61 bits per heavy atom. The Hall–Kier alpha value is -0.490. The number of aryl methyl sites for hydroxylation is 1. The lowest BCUT2D eigenvalue weighted by Gasteiger charge is -2.32. The van der Waals surface area contributed by atoms with Gasteiger partial charge >= 0.3 is 0 Å². The monoisotopic (exact) mass is 269 g/mol. The minimum absolute atomic E-state index is 0.317. The quantitative estimate of drug-likeness (QED) is 0.849. The molecule has 0 spiro atoms. The Labute approximate surface area is 113 Å². The molecular formula is C13H23N3OS. The predicted molar refractivity (Wildman–Crippen MR) is 75.1 cm³/mol. The molecule has 102 valence electrons. The van der Waals surface area contributed by atoms with Gasteiger partial charge in [0.1, 0.15) is 0 Å². The Kier molecular flexibility index (Phi) is 5.56. The summed E-state index contributed by atoms with van der Waals surface area (Å²) in [6.45, 7) is 6.93. The lowest BCUT2D eigenvalue weighted by atomic mass is 10.2. The van der Waals surface area contributed by atoms with Crippen molar-refractivity contribution in [2.75, 3.05) is 33.3 Å². The van der Waals surface area contributed by atoms with Crippen LogP contribution in [-0.4, -0.2) is 49.3 Å². The molecule has 1 fully saturated rings. The summed E-state index contributed by atoms with van der Waals surface area (Å²) in [6, 6.07) is 0. The van der Waals surface area contributed by atoms with E-state index < -0.39 is 0 Å². The van der Waals surface area contributed by atoms with Gasteiger partial charge in [-0.1, -0.05) is 6.92 Å². The van der Waals surface area contributed by atoms with E-state index in [1.54, 1.807) is 11.3 Å². The van der Waals surface area contributed by atoms with Crippen LogP contribution in [0, 0.1) is 0 Å². The molecule has 0 aliphatic carbocycles. The van der Waals surface area contributed by atoms with Crippen molar-refractivity contribution in [3.05, 3.63) is 16.1 Å². The van der Waals surface area contributed by atoms with E-state index in [1.807, 2.05) is 7.05 Å². The molecule has 0 saturated carbocycles. The molecule has 0 bridgehead atoms. The molecular weight excluding hydrogens is 246 g/mol. The lowest BCUT2D eigenvalue weighted by Crippen LogP contribution is -2.45. The second kappa shape index (κ2) is 7.19. The number of rotatable bonds is 6. The number of nitrogens with one attached hydrogen (secondary N) is 1. The normalized spacial score (nSPS) is 21.3. The Morgan fingerprint density at radius 2 is 2.50 bits per heavy atom. The first-order valence-electron chi connectivity index (χ1n) is 6.73. The third kappa shape index (κ3) is 4.02. The molecule has 5 heteroatoms. The van der Waals surface area contributed by atoms with Crippen molar-refractivity contribution in [2.24, 2.45) is 0 Å². The van der Waals surface area contributed by atoms with Crippen LogP contribution in [0.2, 0.25) is 0 Å². The molecule has 4 nitrogen and oxygen atoms in total. The van der Waals surface area contributed by atoms with Crippen LogP contribution in [0.1, 0.15) is 24.0 Å². The summed E-state index contributed by atoms with van der Waals surface area (Å²) in [6.07, 6.45) is 2.60. The maximum atomic E-state index is 5.71. The zero-order valence-electron chi connectivity index (χ0n) is 11.3. The number of morpholine rings is 1. The Balaban J connectivity index is 1.84. The van der Waals surface area contributed by atoms with E-state index in [0.717, 1.165) is 39.2 Å². The largest absolute Gasteiger partial charge is 0.374 e. The van der Waals surface area contributed by atoms with Crippen molar-refractivity contribution in [2.45, 2.75) is 32.4 Å². The Bertz CT molecular complexity index is 354. The summed E-state index contributed by atoms with van der Waals surface area (Å²) in [4.78, 5) is 7.13. The maximum Gasteiger partial charge on any atom is 0.0928 e. The minimum Gasteiger partial charge on any atom is -0.374 e. The first-order valence-corrected chi connectivity index (χ1v) is 7.61. The van der Waals surface area contributed by atoms with E-state index in [4.69, 9.17) is 4.74 Å². The van der Waals surface area contributed by atoms with E-state index in [0.29, 0.717) is 6.10 Å². The van der Waals surface area contributed by atoms with Crippen LogP contribution in [-0.2, 0) is 17.7 Å². The van der Waals surface area contributed by atoms with E-state index in [1.165, 1.54) is 17.1 Å². The van der Waals surface area contributed by atoms with Gasteiger partial charge in [0, 0.05) is 31.6 Å². The number of likely N-dealkylation sites (N-methyl/N-ethyl adjacent to an activating group) is 1. The molecule has 1 N–H and O–H groups in total. The standard InChI is InChI=1S/C13H23N3OS/c1-3-4-13-15-11(10-18-13)8-16-5-6-17-12(9-16)7-14-2/h10,12,14H,3-9H2,1-2H3. The van der Waals surface area contributed by atoms with Crippen molar-refractivity contribution in [3.8, 4) is 0 Å². The number of hydrogen-bond donors (Lipinski definition) is 1. The smallest absolute Gasteiger partial charge is 0.0928 e. The number of hydrogen-bond acceptors (Lipinski definition) is 5. The summed E-state index contributed by atoms with van der Waals surface area (Å²) < 4.78 is 5.71. The van der Waals surface area contributed by atoms with E-state index >= 15 is 0 Å². The van der Waals surface area contributed by atoms with Gasteiger partial charge in [-0.3, -0.25) is 4.90 Å². The van der Waals surface area contributed by atoms with Crippen molar-refractivity contribution in [1.29, 1.82) is 0 Å². The molecule has 1 aromatic heterocycles. The van der Waals surface area contributed by atoms with Crippen LogP contribution < -0.4 is 5.32 Å². The fraction of sp³-hybridized carbons (Fsp3) is 0.769. The van der Waals surface area contributed by atoms with Gasteiger partial charge in [-0.2, -0.15) is 0 Å². The molecule has 1 aliphatic rings. The van der Waals surface area contributed by atoms with Gasteiger partial charge in [0.2, 0.25) is 0 Å². The van der Waals surface area contributed by atoms with Crippen molar-refractivity contribution >= 4 is 11.3 Å². The molecule has 0 aromatic carbocycles. The summed E-state index contributed by atoms with van der Waals surface area (Å²) in [5.74, 6) is 0. The van der Waals surface area contributed by atoms with Gasteiger partial charge in [0.25, 0.3) is 0 Å². The van der Waals surface area contributed by atoms with Gasteiger partial charge < -0.3 is 10.1 Å². The van der Waals surface area contributed by atoms with Gasteiger partial charge in [-0.25, -0.2) is 4.98 Å². The van der Waals surface area contributed by atoms with Gasteiger partial charge in [-0.15, -0.1) is 11.3 Å². The summed E-state index contributed by atoms with van der Waals surface area (Å²) in [5.41, 5.74) is 1.22. The van der Waals surface area contributed by atoms with Crippen LogP contribution >= 0.6 is 11.3 Å². The SMILES string of the molecule is CCCc1nc(CN2CCOC(CNC)C2)cs1. The average molecular weight is 269 g/mol. The highest BCUT2D eigenvalue weighted by atomic mass is 32.1. The molecule has 18 heavy (non-hydrogen) atoms. The zero-order valence-corrected chi connectivity index (χ0v) is 12.1. The summed E-state index contributed by atoms with van der Waals surface area (Å²) in [5, 5.41) is 6.65. The minimum atomic E-state index is 0.317. The first-order chi connectivity index (χ1) is 8.81. The lowest BCUT2D eigenvalue weighted by molar-refractivity contribution is -0.0294. The van der Waals surface area contributed by atoms with Gasteiger partial charge in [0.15, 0.2) is 0 Å². The molecule has 1 aromatic rings. The third-order valence-electron chi connectivity index (χ3n) is 3.10. The molecule has 1 aliphatic heterocycles. The van der Waals surface area contributed by atoms with Crippen LogP contribution in [0.3, 0.4) is 0 Å². The maximum absolute atomic E-state index is 5.71. The molecule has 1 atom stereocenters. The number of thiazole rings is 1. The second-order valence-electron chi connectivity index (χ2n) is 4.77. The van der Waals surface area contributed by atoms with Crippen molar-refractivity contribution < 1.29 is 4.74 Å². The van der Waals surface area contributed by atoms with E-state index in [-0.39, 0.29) is 0 Å². The molecule has 1 unspecified atom stereocenters. The van der Waals surface area contributed by atoms with Crippen molar-refractivity contribution in [3.63, 3.8) is 0 Å². The number of ether oxygens (including phenoxy) is 1. The van der Waals surface area contributed by atoms with Gasteiger partial charge in [-0.05, 0) is 19.9 Å². The average Bonchev–Trinajstić information content (AvgIpc) is 2.78. The highest BCUT2D eigenvalue weighted by molar-refractivity contribution is 7.09. The van der Waals surface area contributed by atoms with Crippen LogP contribution in [0.25, 0.3) is 0 Å². The molecule has 0 radical (unpaired) electrons. The van der Waals surface area contributed by atoms with Crippen LogP contribution in [0.15, 0.2) is 5.38 Å². The highest BCUT2D eigenvalue weighted by Crippen LogP contribution is 2.15. The van der Waals surface area contributed by atoms with Crippen LogP contribution in [0.5, 0.6) is 0 Å². The Morgan fingerprint density at radius 3 is 3.28 bits per heavy atom. The highest BCUT2D eigenvalue weighted by Gasteiger charge is 2.20. The predicted octanol–water partition coefficient (Wildman–Crippen LogP) is 1.52. The van der Waals surface area contributed by atoms with Crippen LogP contribution in [0.4, 0.5) is 0 Å². The third-order valence-corrected chi connectivity index (χ3v) is 4.06. The fourth-order valence-electron chi connectivity index (χ4n) is 2.25. The first kappa shape index (κ1) is 13.9. The second-order valence-corrected chi connectivity index (χ2v) is 5.71. The topological polar surface area (TPSA) is 37.4 Å². The molecule has 0 amide bonds. The summed E-state index contributed by atoms with van der Waals surface area (Å²) >= 11 is 1.79. The van der Waals surface area contributed by atoms with E-state index in [9.17, 15) is 0 Å². The molecule has 2 rings (SSSR count).